The molecule has 1 rings (SSSR count). The second-order valence-electron chi connectivity index (χ2n) is 6.26. The summed E-state index contributed by atoms with van der Waals surface area (Å²) in [7, 11) is -4.20. The van der Waals surface area contributed by atoms with E-state index in [4.69, 9.17) is 27.9 Å². The summed E-state index contributed by atoms with van der Waals surface area (Å²) in [5.74, 6) is -1.76. The Morgan fingerprint density at radius 1 is 1.15 bits per heavy atom. The number of carbonyl (C=O) groups is 2. The van der Waals surface area contributed by atoms with Crippen LogP contribution in [0.15, 0.2) is 23.1 Å². The Morgan fingerprint density at radius 3 is 2.19 bits per heavy atom. The van der Waals surface area contributed by atoms with Crippen molar-refractivity contribution in [3.05, 3.63) is 28.2 Å². The molecule has 10 heteroatoms. The maximum absolute atomic E-state index is 12.7. The molecule has 0 aromatic heterocycles. The summed E-state index contributed by atoms with van der Waals surface area (Å²) < 4.78 is 32.8. The number of benzene rings is 1. The quantitative estimate of drug-likeness (QED) is 0.577. The average Bonchev–Trinajstić information content (AvgIpc) is 2.56. The van der Waals surface area contributed by atoms with E-state index in [0.29, 0.717) is 6.54 Å². The van der Waals surface area contributed by atoms with E-state index in [2.05, 4.69) is 10.0 Å². The van der Waals surface area contributed by atoms with Gasteiger partial charge in [0.25, 0.3) is 5.91 Å². The van der Waals surface area contributed by atoms with Crippen LogP contribution in [0.1, 0.15) is 34.1 Å². The monoisotopic (exact) mass is 438 g/mol. The Hall–Kier alpha value is -1.35. The molecule has 0 unspecified atom stereocenters. The van der Waals surface area contributed by atoms with Crippen LogP contribution in [-0.4, -0.2) is 39.0 Å². The van der Waals surface area contributed by atoms with Crippen LogP contribution in [0.2, 0.25) is 10.0 Å². The zero-order chi connectivity index (χ0) is 20.8. The van der Waals surface area contributed by atoms with Crippen molar-refractivity contribution in [2.45, 2.75) is 51.2 Å². The van der Waals surface area contributed by atoms with E-state index in [1.54, 1.807) is 13.8 Å². The molecule has 0 fully saturated rings. The third-order valence-corrected chi connectivity index (χ3v) is 6.00. The van der Waals surface area contributed by atoms with Crippen molar-refractivity contribution in [3.63, 3.8) is 0 Å². The van der Waals surface area contributed by atoms with Gasteiger partial charge >= 0.3 is 5.97 Å². The summed E-state index contributed by atoms with van der Waals surface area (Å²) in [6, 6.07) is 3.05. The average molecular weight is 439 g/mol. The summed E-state index contributed by atoms with van der Waals surface area (Å²) in [6.45, 7) is 7.04. The van der Waals surface area contributed by atoms with Crippen LogP contribution >= 0.6 is 23.2 Å². The van der Waals surface area contributed by atoms with Crippen LogP contribution in [0.4, 0.5) is 0 Å². The zero-order valence-electron chi connectivity index (χ0n) is 15.6. The highest BCUT2D eigenvalue weighted by Gasteiger charge is 2.33. The standard InChI is InChI=1S/C17H24Cl2N2O5S/c1-5-9-20-16(22)11(4)26-17(23)14(10(2)3)21-27(24,25)15-12(18)7-6-8-13(15)19/h6-8,10-11,14,21H,5,9H2,1-4H3,(H,20,22)/t11-,14-/m0/s1. The first-order valence-corrected chi connectivity index (χ1v) is 10.7. The molecule has 1 aromatic rings. The van der Waals surface area contributed by atoms with Gasteiger partial charge in [0, 0.05) is 6.54 Å². The van der Waals surface area contributed by atoms with Crippen molar-refractivity contribution in [2.24, 2.45) is 5.92 Å². The van der Waals surface area contributed by atoms with Crippen molar-refractivity contribution in [2.75, 3.05) is 6.54 Å². The van der Waals surface area contributed by atoms with E-state index in [1.165, 1.54) is 25.1 Å². The number of ether oxygens (including phenoxy) is 1. The van der Waals surface area contributed by atoms with E-state index in [9.17, 15) is 18.0 Å². The Bertz CT molecular complexity index is 763. The maximum Gasteiger partial charge on any atom is 0.325 e. The van der Waals surface area contributed by atoms with E-state index in [1.807, 2.05) is 6.92 Å². The van der Waals surface area contributed by atoms with Gasteiger partial charge in [-0.05, 0) is 31.4 Å². The zero-order valence-corrected chi connectivity index (χ0v) is 17.9. The summed E-state index contributed by atoms with van der Waals surface area (Å²) in [6.07, 6.45) is -0.321. The topological polar surface area (TPSA) is 102 Å². The molecule has 0 heterocycles. The molecule has 0 radical (unpaired) electrons. The van der Waals surface area contributed by atoms with Crippen molar-refractivity contribution in [1.29, 1.82) is 0 Å². The largest absolute Gasteiger partial charge is 0.451 e. The number of amides is 1. The Morgan fingerprint density at radius 2 is 1.70 bits per heavy atom. The Balaban J connectivity index is 2.99. The lowest BCUT2D eigenvalue weighted by Crippen LogP contribution is -2.47. The van der Waals surface area contributed by atoms with E-state index in [-0.39, 0.29) is 14.9 Å². The van der Waals surface area contributed by atoms with Gasteiger partial charge < -0.3 is 10.1 Å². The van der Waals surface area contributed by atoms with Crippen LogP contribution in [0.5, 0.6) is 0 Å². The molecule has 27 heavy (non-hydrogen) atoms. The van der Waals surface area contributed by atoms with Gasteiger partial charge in [-0.15, -0.1) is 0 Å². The molecule has 0 saturated heterocycles. The van der Waals surface area contributed by atoms with Crippen LogP contribution in [0.3, 0.4) is 0 Å². The van der Waals surface area contributed by atoms with Gasteiger partial charge in [-0.3, -0.25) is 9.59 Å². The molecule has 1 aromatic carbocycles. The molecule has 1 amide bonds. The first kappa shape index (κ1) is 23.7. The van der Waals surface area contributed by atoms with Crippen LogP contribution < -0.4 is 10.0 Å². The highest BCUT2D eigenvalue weighted by atomic mass is 35.5. The SMILES string of the molecule is CCCNC(=O)[C@H](C)OC(=O)[C@@H](NS(=O)(=O)c1c(Cl)cccc1Cl)C(C)C. The molecule has 0 aliphatic rings. The predicted molar refractivity (Wildman–Crippen MR) is 104 cm³/mol. The minimum atomic E-state index is -4.20. The van der Waals surface area contributed by atoms with Crippen molar-refractivity contribution >= 4 is 45.1 Å². The summed E-state index contributed by atoms with van der Waals surface area (Å²) in [5.41, 5.74) is 0. The first-order valence-electron chi connectivity index (χ1n) is 8.45. The third kappa shape index (κ3) is 6.64. The number of sulfonamides is 1. The molecule has 152 valence electrons. The lowest BCUT2D eigenvalue weighted by Gasteiger charge is -2.23. The summed E-state index contributed by atoms with van der Waals surface area (Å²) >= 11 is 11.9. The lowest BCUT2D eigenvalue weighted by atomic mass is 10.1. The second-order valence-corrected chi connectivity index (χ2v) is 8.73. The van der Waals surface area contributed by atoms with Gasteiger partial charge in [-0.25, -0.2) is 8.42 Å². The van der Waals surface area contributed by atoms with Crippen LogP contribution in [0.25, 0.3) is 0 Å². The summed E-state index contributed by atoms with van der Waals surface area (Å²) in [5, 5.41) is 2.46. The smallest absolute Gasteiger partial charge is 0.325 e. The first-order chi connectivity index (χ1) is 12.5. The number of carbonyl (C=O) groups excluding carboxylic acids is 2. The minimum absolute atomic E-state index is 0.0711. The van der Waals surface area contributed by atoms with E-state index in [0.717, 1.165) is 6.42 Å². The molecule has 0 aliphatic heterocycles. The van der Waals surface area contributed by atoms with Gasteiger partial charge in [0.15, 0.2) is 6.10 Å². The molecular weight excluding hydrogens is 415 g/mol. The highest BCUT2D eigenvalue weighted by molar-refractivity contribution is 7.89. The Kier molecular flexibility index (Phi) is 9.01. The van der Waals surface area contributed by atoms with Gasteiger partial charge in [0.05, 0.1) is 10.0 Å². The fraction of sp³-hybridized carbons (Fsp3) is 0.529. The van der Waals surface area contributed by atoms with E-state index >= 15 is 0 Å². The van der Waals surface area contributed by atoms with Crippen molar-refractivity contribution in [3.8, 4) is 0 Å². The number of hydrogen-bond donors (Lipinski definition) is 2. The normalized spacial score (nSPS) is 13.9. The molecule has 0 aliphatic carbocycles. The molecule has 7 nitrogen and oxygen atoms in total. The Labute approximate surface area is 169 Å². The molecule has 0 spiro atoms. The molecule has 2 N–H and O–H groups in total. The van der Waals surface area contributed by atoms with Crippen molar-refractivity contribution in [1.82, 2.24) is 10.0 Å². The molecule has 2 atom stereocenters. The highest BCUT2D eigenvalue weighted by Crippen LogP contribution is 2.29. The molecule has 0 saturated carbocycles. The van der Waals surface area contributed by atoms with Crippen LogP contribution in [-0.2, 0) is 24.3 Å². The second kappa shape index (κ2) is 10.3. The van der Waals surface area contributed by atoms with E-state index < -0.39 is 40.0 Å². The predicted octanol–water partition coefficient (Wildman–Crippen LogP) is 2.75. The number of nitrogens with one attached hydrogen (secondary N) is 2. The third-order valence-electron chi connectivity index (χ3n) is 3.60. The van der Waals surface area contributed by atoms with Crippen molar-refractivity contribution < 1.29 is 22.7 Å². The van der Waals surface area contributed by atoms with Gasteiger partial charge in [-0.2, -0.15) is 4.72 Å². The summed E-state index contributed by atoms with van der Waals surface area (Å²) in [4.78, 5) is 24.0. The number of esters is 1. The molecule has 0 bridgehead atoms. The number of halogens is 2. The van der Waals surface area contributed by atoms with Gasteiger partial charge in [0.1, 0.15) is 10.9 Å². The van der Waals surface area contributed by atoms with Gasteiger partial charge in [-0.1, -0.05) is 50.0 Å². The number of hydrogen-bond acceptors (Lipinski definition) is 5. The minimum Gasteiger partial charge on any atom is -0.451 e. The fourth-order valence-corrected chi connectivity index (χ4v) is 4.59. The number of rotatable bonds is 9. The lowest BCUT2D eigenvalue weighted by molar-refractivity contribution is -0.157. The van der Waals surface area contributed by atoms with Gasteiger partial charge in [0.2, 0.25) is 10.0 Å². The fourth-order valence-electron chi connectivity index (χ4n) is 2.11. The van der Waals surface area contributed by atoms with Crippen LogP contribution in [0, 0.1) is 5.92 Å². The maximum atomic E-state index is 12.7. The molecular formula is C17H24Cl2N2O5S.